The zero-order valence-corrected chi connectivity index (χ0v) is 14.7. The summed E-state index contributed by atoms with van der Waals surface area (Å²) >= 11 is 0. The van der Waals surface area contributed by atoms with Crippen LogP contribution in [-0.4, -0.2) is 56.7 Å². The number of carbonyl (C=O) groups excluding carboxylic acids is 2. The van der Waals surface area contributed by atoms with Crippen molar-refractivity contribution >= 4 is 11.9 Å². The van der Waals surface area contributed by atoms with Crippen molar-refractivity contribution in [2.24, 2.45) is 0 Å². The minimum absolute atomic E-state index is 0.0767. The number of carbonyl (C=O) groups is 2. The van der Waals surface area contributed by atoms with Crippen molar-refractivity contribution in [1.29, 1.82) is 0 Å². The first-order valence-electron chi connectivity index (χ1n) is 8.45. The van der Waals surface area contributed by atoms with E-state index in [9.17, 15) is 14.0 Å². The summed E-state index contributed by atoms with van der Waals surface area (Å²) in [5.74, 6) is -0.935. The summed E-state index contributed by atoms with van der Waals surface area (Å²) < 4.78 is 23.5. The van der Waals surface area contributed by atoms with Gasteiger partial charge in [0.1, 0.15) is 12.4 Å². The molecule has 7 heteroatoms. The van der Waals surface area contributed by atoms with Gasteiger partial charge in [0.25, 0.3) is 0 Å². The Morgan fingerprint density at radius 3 is 2.52 bits per heavy atom. The molecule has 1 N–H and O–H groups in total. The zero-order valence-electron chi connectivity index (χ0n) is 14.7. The van der Waals surface area contributed by atoms with Crippen LogP contribution in [0.25, 0.3) is 0 Å². The average molecular weight is 352 g/mol. The minimum atomic E-state index is -0.438. The maximum Gasteiger partial charge on any atom is 0.325 e. The van der Waals surface area contributed by atoms with Gasteiger partial charge in [-0.25, -0.2) is 4.39 Å². The number of benzene rings is 1. The number of esters is 1. The lowest BCUT2D eigenvalue weighted by atomic mass is 9.82. The zero-order chi connectivity index (χ0) is 18.3. The number of nitrogens with zero attached hydrogens (tertiary/aromatic N) is 1. The fraction of sp³-hybridized carbons (Fsp3) is 0.556. The fourth-order valence-electron chi connectivity index (χ4n) is 2.92. The van der Waals surface area contributed by atoms with Crippen LogP contribution in [-0.2, 0) is 24.6 Å². The molecule has 1 aromatic carbocycles. The topological polar surface area (TPSA) is 67.9 Å². The van der Waals surface area contributed by atoms with E-state index in [-0.39, 0.29) is 31.4 Å². The van der Waals surface area contributed by atoms with Gasteiger partial charge in [-0.05, 0) is 37.5 Å². The Bertz CT molecular complexity index is 585. The molecular weight excluding hydrogens is 327 g/mol. The highest BCUT2D eigenvalue weighted by atomic mass is 19.1. The second kappa shape index (κ2) is 8.92. The maximum absolute atomic E-state index is 13.2. The summed E-state index contributed by atoms with van der Waals surface area (Å²) in [6.07, 6.45) is 1.38. The molecule has 0 aromatic heterocycles. The molecule has 6 nitrogen and oxygen atoms in total. The van der Waals surface area contributed by atoms with Gasteiger partial charge in [0.05, 0.1) is 13.2 Å². The molecule has 25 heavy (non-hydrogen) atoms. The maximum atomic E-state index is 13.2. The molecule has 0 unspecified atom stereocenters. The summed E-state index contributed by atoms with van der Waals surface area (Å²) in [5.41, 5.74) is 0.491. The minimum Gasteiger partial charge on any atom is -0.465 e. The van der Waals surface area contributed by atoms with Crippen LogP contribution in [0.2, 0.25) is 0 Å². The highest BCUT2D eigenvalue weighted by Gasteiger charge is 2.34. The molecule has 2 rings (SSSR count). The molecule has 1 aromatic rings. The fourth-order valence-corrected chi connectivity index (χ4v) is 2.92. The number of hydrogen-bond donors (Lipinski definition) is 1. The van der Waals surface area contributed by atoms with Gasteiger partial charge >= 0.3 is 5.97 Å². The molecule has 138 valence electrons. The lowest BCUT2D eigenvalue weighted by Crippen LogP contribution is -2.50. The third-order valence-electron chi connectivity index (χ3n) is 4.42. The summed E-state index contributed by atoms with van der Waals surface area (Å²) in [6.45, 7) is 3.13. The number of hydrogen-bond acceptors (Lipinski definition) is 5. The molecule has 0 spiro atoms. The van der Waals surface area contributed by atoms with Crippen LogP contribution in [0.15, 0.2) is 24.3 Å². The number of amides is 1. The van der Waals surface area contributed by atoms with Gasteiger partial charge in [0.2, 0.25) is 5.91 Å². The molecule has 0 radical (unpaired) electrons. The third kappa shape index (κ3) is 5.24. The van der Waals surface area contributed by atoms with Gasteiger partial charge in [-0.1, -0.05) is 12.1 Å². The van der Waals surface area contributed by atoms with Crippen molar-refractivity contribution in [3.8, 4) is 0 Å². The number of ether oxygens (including phenoxy) is 2. The molecule has 0 bridgehead atoms. The molecule has 0 aliphatic carbocycles. The van der Waals surface area contributed by atoms with Gasteiger partial charge in [0, 0.05) is 25.8 Å². The Balaban J connectivity index is 2.01. The Morgan fingerprint density at radius 1 is 1.28 bits per heavy atom. The number of nitrogens with one attached hydrogen (secondary N) is 1. The van der Waals surface area contributed by atoms with E-state index in [0.717, 1.165) is 5.56 Å². The monoisotopic (exact) mass is 352 g/mol. The molecular formula is C18H25FN2O4. The van der Waals surface area contributed by atoms with Crippen LogP contribution in [0.3, 0.4) is 0 Å². The second-order valence-electron chi connectivity index (χ2n) is 6.11. The van der Waals surface area contributed by atoms with Crippen molar-refractivity contribution in [3.63, 3.8) is 0 Å². The number of halogens is 1. The number of rotatable bonds is 7. The lowest BCUT2D eigenvalue weighted by Gasteiger charge is -2.39. The predicted octanol–water partition coefficient (Wildman–Crippen LogP) is 1.44. The van der Waals surface area contributed by atoms with Crippen molar-refractivity contribution in [3.05, 3.63) is 35.6 Å². The van der Waals surface area contributed by atoms with E-state index in [1.807, 2.05) is 0 Å². The van der Waals surface area contributed by atoms with Gasteiger partial charge in [-0.15, -0.1) is 0 Å². The molecule has 1 aliphatic rings. The van der Waals surface area contributed by atoms with E-state index >= 15 is 0 Å². The molecule has 1 aliphatic heterocycles. The van der Waals surface area contributed by atoms with Gasteiger partial charge in [-0.2, -0.15) is 0 Å². The highest BCUT2D eigenvalue weighted by Crippen LogP contribution is 2.32. The van der Waals surface area contributed by atoms with E-state index in [4.69, 9.17) is 9.47 Å². The predicted molar refractivity (Wildman–Crippen MR) is 90.4 cm³/mol. The van der Waals surface area contributed by atoms with Crippen LogP contribution >= 0.6 is 0 Å². The SMILES string of the molecule is CCOC(=O)CN(C)C(=O)CNC1(c2ccc(F)cc2)CCOCC1. The molecule has 0 saturated carbocycles. The van der Waals surface area contributed by atoms with E-state index in [2.05, 4.69) is 5.32 Å². The van der Waals surface area contributed by atoms with E-state index in [1.54, 1.807) is 26.1 Å². The van der Waals surface area contributed by atoms with Gasteiger partial charge in [-0.3, -0.25) is 14.9 Å². The molecule has 1 heterocycles. The number of likely N-dealkylation sites (N-methyl/N-ethyl adjacent to an activating group) is 1. The Hall–Kier alpha value is -1.99. The first-order chi connectivity index (χ1) is 12.0. The second-order valence-corrected chi connectivity index (χ2v) is 6.11. The van der Waals surface area contributed by atoms with E-state index in [0.29, 0.717) is 26.1 Å². The van der Waals surface area contributed by atoms with Crippen LogP contribution in [0.4, 0.5) is 4.39 Å². The smallest absolute Gasteiger partial charge is 0.325 e. The van der Waals surface area contributed by atoms with Crippen LogP contribution in [0.1, 0.15) is 25.3 Å². The molecule has 1 fully saturated rings. The van der Waals surface area contributed by atoms with Crippen molar-refractivity contribution in [2.75, 3.05) is 40.0 Å². The molecule has 1 saturated heterocycles. The van der Waals surface area contributed by atoms with Gasteiger partial charge < -0.3 is 14.4 Å². The summed E-state index contributed by atoms with van der Waals surface area (Å²) in [4.78, 5) is 25.1. The highest BCUT2D eigenvalue weighted by molar-refractivity contribution is 5.83. The van der Waals surface area contributed by atoms with Crippen LogP contribution in [0.5, 0.6) is 0 Å². The van der Waals surface area contributed by atoms with E-state index in [1.165, 1.54) is 17.0 Å². The Labute approximate surface area is 147 Å². The largest absolute Gasteiger partial charge is 0.465 e. The summed E-state index contributed by atoms with van der Waals surface area (Å²) in [6, 6.07) is 6.31. The first kappa shape index (κ1) is 19.3. The Kier molecular flexibility index (Phi) is 6.90. The summed E-state index contributed by atoms with van der Waals surface area (Å²) in [5, 5.41) is 3.31. The summed E-state index contributed by atoms with van der Waals surface area (Å²) in [7, 11) is 1.56. The van der Waals surface area contributed by atoms with Crippen molar-refractivity contribution in [1.82, 2.24) is 10.2 Å². The quantitative estimate of drug-likeness (QED) is 0.752. The standard InChI is InChI=1S/C18H25FN2O4/c1-3-25-17(23)13-21(2)16(22)12-20-18(8-10-24-11-9-18)14-4-6-15(19)7-5-14/h4-7,20H,3,8-13H2,1-2H3. The van der Waals surface area contributed by atoms with Crippen molar-refractivity contribution in [2.45, 2.75) is 25.3 Å². The normalized spacial score (nSPS) is 16.3. The lowest BCUT2D eigenvalue weighted by molar-refractivity contribution is -0.148. The first-order valence-corrected chi connectivity index (χ1v) is 8.45. The van der Waals surface area contributed by atoms with Crippen molar-refractivity contribution < 1.29 is 23.5 Å². The van der Waals surface area contributed by atoms with Crippen LogP contribution < -0.4 is 5.32 Å². The van der Waals surface area contributed by atoms with Gasteiger partial charge in [0.15, 0.2) is 0 Å². The third-order valence-corrected chi connectivity index (χ3v) is 4.42. The average Bonchev–Trinajstić information content (AvgIpc) is 2.61. The Morgan fingerprint density at radius 2 is 1.92 bits per heavy atom. The van der Waals surface area contributed by atoms with Crippen LogP contribution in [0, 0.1) is 5.82 Å². The molecule has 1 amide bonds. The van der Waals surface area contributed by atoms with E-state index < -0.39 is 11.5 Å². The molecule has 0 atom stereocenters.